The molecule has 6 nitrogen and oxygen atoms in total. The van der Waals surface area contributed by atoms with Crippen LogP contribution in [0, 0.1) is 5.92 Å². The molecule has 0 amide bonds. The van der Waals surface area contributed by atoms with Gasteiger partial charge in [-0.2, -0.15) is 0 Å². The second kappa shape index (κ2) is 4.03. The number of ether oxygens (including phenoxy) is 2. The predicted molar refractivity (Wildman–Crippen MR) is 54.2 cm³/mol. The Morgan fingerprint density at radius 2 is 2.00 bits per heavy atom. The molecule has 1 N–H and O–H groups in total. The molecular weight excluding hydrogens is 212 g/mol. The summed E-state index contributed by atoms with van der Waals surface area (Å²) >= 11 is 0. The summed E-state index contributed by atoms with van der Waals surface area (Å²) in [5.74, 6) is -2.61. The SMILES string of the molecule is CC(C)CN1CCNCC12OC(=O)C(=O)O2. The third-order valence-electron chi connectivity index (χ3n) is 2.65. The van der Waals surface area contributed by atoms with E-state index in [4.69, 9.17) is 9.47 Å². The first kappa shape index (κ1) is 11.3. The summed E-state index contributed by atoms with van der Waals surface area (Å²) in [5, 5.41) is 3.07. The minimum atomic E-state index is -1.21. The number of piperazine rings is 1. The highest BCUT2D eigenvalue weighted by Crippen LogP contribution is 2.27. The van der Waals surface area contributed by atoms with Gasteiger partial charge in [0.15, 0.2) is 0 Å². The first-order valence-electron chi connectivity index (χ1n) is 5.45. The van der Waals surface area contributed by atoms with E-state index in [1.165, 1.54) is 0 Å². The quantitative estimate of drug-likeness (QED) is 0.498. The van der Waals surface area contributed by atoms with E-state index in [2.05, 4.69) is 19.2 Å². The zero-order valence-electron chi connectivity index (χ0n) is 9.49. The molecule has 16 heavy (non-hydrogen) atoms. The van der Waals surface area contributed by atoms with E-state index < -0.39 is 17.8 Å². The van der Waals surface area contributed by atoms with Crippen LogP contribution in [0.3, 0.4) is 0 Å². The number of rotatable bonds is 2. The minimum Gasteiger partial charge on any atom is -0.398 e. The molecule has 6 heteroatoms. The molecule has 0 aliphatic carbocycles. The van der Waals surface area contributed by atoms with Crippen molar-refractivity contribution < 1.29 is 19.1 Å². The van der Waals surface area contributed by atoms with Crippen LogP contribution in [-0.2, 0) is 19.1 Å². The second-order valence-corrected chi connectivity index (χ2v) is 4.51. The van der Waals surface area contributed by atoms with Gasteiger partial charge < -0.3 is 14.8 Å². The van der Waals surface area contributed by atoms with E-state index in [1.807, 2.05) is 4.90 Å². The lowest BCUT2D eigenvalue weighted by Crippen LogP contribution is -2.63. The summed E-state index contributed by atoms with van der Waals surface area (Å²) in [4.78, 5) is 24.2. The lowest BCUT2D eigenvalue weighted by Gasteiger charge is -2.41. The summed E-state index contributed by atoms with van der Waals surface area (Å²) in [6, 6.07) is 0. The Hall–Kier alpha value is -1.14. The third kappa shape index (κ3) is 1.90. The number of hydrogen-bond donors (Lipinski definition) is 1. The fraction of sp³-hybridized carbons (Fsp3) is 0.800. The van der Waals surface area contributed by atoms with Crippen molar-refractivity contribution in [3.05, 3.63) is 0 Å². The minimum absolute atomic E-state index is 0.331. The van der Waals surface area contributed by atoms with Crippen molar-refractivity contribution in [1.82, 2.24) is 10.2 Å². The van der Waals surface area contributed by atoms with Crippen LogP contribution in [0.5, 0.6) is 0 Å². The maximum atomic E-state index is 11.1. The maximum Gasteiger partial charge on any atom is 0.421 e. The molecule has 0 saturated carbocycles. The van der Waals surface area contributed by atoms with Gasteiger partial charge >= 0.3 is 17.8 Å². The Labute approximate surface area is 93.9 Å². The first-order chi connectivity index (χ1) is 7.53. The van der Waals surface area contributed by atoms with Gasteiger partial charge in [-0.3, -0.25) is 0 Å². The van der Waals surface area contributed by atoms with Crippen LogP contribution in [0.25, 0.3) is 0 Å². The molecule has 1 spiro atoms. The van der Waals surface area contributed by atoms with Crippen molar-refractivity contribution in [1.29, 1.82) is 0 Å². The summed E-state index contributed by atoms with van der Waals surface area (Å²) in [5.41, 5.74) is 0. The zero-order valence-corrected chi connectivity index (χ0v) is 9.49. The largest absolute Gasteiger partial charge is 0.421 e. The van der Waals surface area contributed by atoms with Gasteiger partial charge in [0.05, 0.1) is 6.54 Å². The lowest BCUT2D eigenvalue weighted by atomic mass is 10.1. The molecule has 0 aromatic carbocycles. The highest BCUT2D eigenvalue weighted by atomic mass is 16.8. The van der Waals surface area contributed by atoms with E-state index in [0.29, 0.717) is 19.0 Å². The fourth-order valence-corrected chi connectivity index (χ4v) is 2.01. The molecule has 0 bridgehead atoms. The first-order valence-corrected chi connectivity index (χ1v) is 5.45. The number of nitrogens with one attached hydrogen (secondary N) is 1. The normalized spacial score (nSPS) is 24.9. The maximum absolute atomic E-state index is 11.1. The number of carbonyl (C=O) groups excluding carboxylic acids is 2. The van der Waals surface area contributed by atoms with Crippen LogP contribution >= 0.6 is 0 Å². The van der Waals surface area contributed by atoms with Crippen molar-refractivity contribution in [3.8, 4) is 0 Å². The summed E-state index contributed by atoms with van der Waals surface area (Å²) in [6.45, 7) is 6.67. The Morgan fingerprint density at radius 1 is 1.38 bits per heavy atom. The molecule has 2 saturated heterocycles. The molecule has 0 aromatic heterocycles. The van der Waals surface area contributed by atoms with Crippen LogP contribution in [0.1, 0.15) is 13.8 Å². The van der Waals surface area contributed by atoms with Gasteiger partial charge in [0.2, 0.25) is 0 Å². The van der Waals surface area contributed by atoms with Gasteiger partial charge in [0.1, 0.15) is 0 Å². The Morgan fingerprint density at radius 3 is 2.56 bits per heavy atom. The molecule has 2 aliphatic heterocycles. The molecule has 0 unspecified atom stereocenters. The average Bonchev–Trinajstić information content (AvgIpc) is 2.47. The van der Waals surface area contributed by atoms with E-state index in [0.717, 1.165) is 13.1 Å². The van der Waals surface area contributed by atoms with E-state index in [1.54, 1.807) is 0 Å². The van der Waals surface area contributed by atoms with Crippen LogP contribution in [0.2, 0.25) is 0 Å². The van der Waals surface area contributed by atoms with Crippen molar-refractivity contribution in [3.63, 3.8) is 0 Å². The van der Waals surface area contributed by atoms with Gasteiger partial charge in [0.25, 0.3) is 0 Å². The molecular formula is C10H16N2O4. The number of nitrogens with zero attached hydrogens (tertiary/aromatic N) is 1. The van der Waals surface area contributed by atoms with Crippen molar-refractivity contribution >= 4 is 11.9 Å². The van der Waals surface area contributed by atoms with Crippen molar-refractivity contribution in [2.24, 2.45) is 5.92 Å². The number of esters is 2. The Bertz CT molecular complexity index is 300. The molecule has 2 fully saturated rings. The fourth-order valence-electron chi connectivity index (χ4n) is 2.01. The third-order valence-corrected chi connectivity index (χ3v) is 2.65. The number of hydrogen-bond acceptors (Lipinski definition) is 6. The van der Waals surface area contributed by atoms with Gasteiger partial charge in [-0.15, -0.1) is 0 Å². The summed E-state index contributed by atoms with van der Waals surface area (Å²) in [7, 11) is 0. The van der Waals surface area contributed by atoms with Gasteiger partial charge in [-0.25, -0.2) is 14.5 Å². The summed E-state index contributed by atoms with van der Waals surface area (Å²) in [6.07, 6.45) is 0. The van der Waals surface area contributed by atoms with E-state index >= 15 is 0 Å². The topological polar surface area (TPSA) is 67.9 Å². The monoisotopic (exact) mass is 228 g/mol. The van der Waals surface area contributed by atoms with Crippen LogP contribution in [0.4, 0.5) is 0 Å². The highest BCUT2D eigenvalue weighted by molar-refractivity contribution is 6.31. The second-order valence-electron chi connectivity index (χ2n) is 4.51. The molecule has 2 rings (SSSR count). The zero-order chi connectivity index (χ0) is 11.8. The Balaban J connectivity index is 2.15. The van der Waals surface area contributed by atoms with Crippen molar-refractivity contribution in [2.75, 3.05) is 26.2 Å². The number of carbonyl (C=O) groups is 2. The summed E-state index contributed by atoms with van der Waals surface area (Å²) < 4.78 is 10.1. The average molecular weight is 228 g/mol. The van der Waals surface area contributed by atoms with Gasteiger partial charge in [-0.05, 0) is 5.92 Å². The van der Waals surface area contributed by atoms with Crippen LogP contribution < -0.4 is 5.32 Å². The standard InChI is InChI=1S/C10H16N2O4/c1-7(2)5-12-4-3-11-6-10(12)15-8(13)9(14)16-10/h7,11H,3-6H2,1-2H3. The molecule has 90 valence electrons. The van der Waals surface area contributed by atoms with E-state index in [-0.39, 0.29) is 0 Å². The lowest BCUT2D eigenvalue weighted by molar-refractivity contribution is -0.257. The smallest absolute Gasteiger partial charge is 0.398 e. The molecule has 2 aliphatic rings. The van der Waals surface area contributed by atoms with E-state index in [9.17, 15) is 9.59 Å². The molecule has 0 radical (unpaired) electrons. The molecule has 2 heterocycles. The van der Waals surface area contributed by atoms with Crippen LogP contribution in [0.15, 0.2) is 0 Å². The van der Waals surface area contributed by atoms with Crippen LogP contribution in [-0.4, -0.2) is 48.9 Å². The van der Waals surface area contributed by atoms with Crippen molar-refractivity contribution in [2.45, 2.75) is 19.8 Å². The predicted octanol–water partition coefficient (Wildman–Crippen LogP) is -0.699. The Kier molecular flexibility index (Phi) is 2.86. The van der Waals surface area contributed by atoms with Gasteiger partial charge in [0, 0.05) is 19.6 Å². The molecule has 0 atom stereocenters. The highest BCUT2D eigenvalue weighted by Gasteiger charge is 2.54. The van der Waals surface area contributed by atoms with Gasteiger partial charge in [-0.1, -0.05) is 13.8 Å². The molecule has 0 aromatic rings.